The van der Waals surface area contributed by atoms with Crippen molar-refractivity contribution in [1.82, 2.24) is 10.3 Å². The molecule has 0 aliphatic rings. The van der Waals surface area contributed by atoms with E-state index in [0.29, 0.717) is 11.1 Å². The number of halogens is 2. The van der Waals surface area contributed by atoms with Crippen LogP contribution in [0.3, 0.4) is 0 Å². The van der Waals surface area contributed by atoms with Crippen LogP contribution in [0.5, 0.6) is 5.75 Å². The molecule has 0 spiro atoms. The standard InChI is InChI=1S/C17H12ClFN2O2/c18-14-8-12(19)5-3-11(14)9-21-17(23)13-6-4-10-2-1-7-20-15(10)16(13)22/h1-8,22H,9H2,(H,21,23). The molecular weight excluding hydrogens is 319 g/mol. The van der Waals surface area contributed by atoms with Crippen LogP contribution < -0.4 is 5.32 Å². The Hall–Kier alpha value is -2.66. The lowest BCUT2D eigenvalue weighted by molar-refractivity contribution is 0.0948. The van der Waals surface area contributed by atoms with Crippen molar-refractivity contribution in [3.63, 3.8) is 0 Å². The van der Waals surface area contributed by atoms with E-state index in [0.717, 1.165) is 5.39 Å². The lowest BCUT2D eigenvalue weighted by Gasteiger charge is -2.09. The maximum absolute atomic E-state index is 13.0. The second kappa shape index (κ2) is 6.22. The van der Waals surface area contributed by atoms with Crippen LogP contribution in [0.4, 0.5) is 4.39 Å². The van der Waals surface area contributed by atoms with E-state index in [1.807, 2.05) is 0 Å². The largest absolute Gasteiger partial charge is 0.505 e. The third kappa shape index (κ3) is 3.10. The van der Waals surface area contributed by atoms with Crippen molar-refractivity contribution in [1.29, 1.82) is 0 Å². The Morgan fingerprint density at radius 1 is 1.26 bits per heavy atom. The molecule has 2 N–H and O–H groups in total. The van der Waals surface area contributed by atoms with Gasteiger partial charge in [0.05, 0.1) is 5.56 Å². The summed E-state index contributed by atoms with van der Waals surface area (Å²) in [5.41, 5.74) is 1.06. The first-order chi connectivity index (χ1) is 11.1. The van der Waals surface area contributed by atoms with E-state index in [1.54, 1.807) is 24.4 Å². The number of phenolic OH excluding ortho intramolecular Hbond substituents is 1. The quantitative estimate of drug-likeness (QED) is 0.770. The summed E-state index contributed by atoms with van der Waals surface area (Å²) in [7, 11) is 0. The van der Waals surface area contributed by atoms with Crippen LogP contribution in [0, 0.1) is 5.82 Å². The molecule has 6 heteroatoms. The first-order valence-electron chi connectivity index (χ1n) is 6.85. The van der Waals surface area contributed by atoms with Gasteiger partial charge in [-0.05, 0) is 29.8 Å². The highest BCUT2D eigenvalue weighted by Crippen LogP contribution is 2.26. The minimum Gasteiger partial charge on any atom is -0.505 e. The van der Waals surface area contributed by atoms with E-state index >= 15 is 0 Å². The molecule has 0 saturated carbocycles. The number of aromatic nitrogens is 1. The van der Waals surface area contributed by atoms with Gasteiger partial charge in [-0.3, -0.25) is 9.78 Å². The molecule has 3 rings (SSSR count). The normalized spacial score (nSPS) is 10.7. The molecular formula is C17H12ClFN2O2. The zero-order valence-electron chi connectivity index (χ0n) is 11.9. The van der Waals surface area contributed by atoms with E-state index in [-0.39, 0.29) is 22.9 Å². The van der Waals surface area contributed by atoms with Crippen molar-refractivity contribution in [2.45, 2.75) is 6.54 Å². The Morgan fingerprint density at radius 3 is 2.87 bits per heavy atom. The van der Waals surface area contributed by atoms with Crippen LogP contribution in [0.25, 0.3) is 10.9 Å². The molecule has 0 atom stereocenters. The minimum atomic E-state index is -0.463. The fourth-order valence-electron chi connectivity index (χ4n) is 2.25. The van der Waals surface area contributed by atoms with Crippen LogP contribution in [0.1, 0.15) is 15.9 Å². The van der Waals surface area contributed by atoms with E-state index < -0.39 is 11.7 Å². The summed E-state index contributed by atoms with van der Waals surface area (Å²) in [5, 5.41) is 13.8. The van der Waals surface area contributed by atoms with E-state index in [4.69, 9.17) is 11.6 Å². The number of phenols is 1. The van der Waals surface area contributed by atoms with Gasteiger partial charge in [-0.15, -0.1) is 0 Å². The van der Waals surface area contributed by atoms with E-state index in [1.165, 1.54) is 24.3 Å². The summed E-state index contributed by atoms with van der Waals surface area (Å²) in [6.45, 7) is 0.123. The highest BCUT2D eigenvalue weighted by Gasteiger charge is 2.14. The Morgan fingerprint density at radius 2 is 2.09 bits per heavy atom. The number of amides is 1. The van der Waals surface area contributed by atoms with Crippen LogP contribution in [0.15, 0.2) is 48.7 Å². The molecule has 0 saturated heterocycles. The summed E-state index contributed by atoms with van der Waals surface area (Å²) in [6.07, 6.45) is 1.54. The van der Waals surface area contributed by atoms with Gasteiger partial charge in [-0.2, -0.15) is 0 Å². The fraction of sp³-hybridized carbons (Fsp3) is 0.0588. The first-order valence-corrected chi connectivity index (χ1v) is 7.23. The van der Waals surface area contributed by atoms with Crippen LogP contribution in [-0.2, 0) is 6.54 Å². The van der Waals surface area contributed by atoms with E-state index in [9.17, 15) is 14.3 Å². The van der Waals surface area contributed by atoms with Gasteiger partial charge in [-0.25, -0.2) is 4.39 Å². The van der Waals surface area contributed by atoms with Gasteiger partial charge in [0, 0.05) is 23.2 Å². The van der Waals surface area contributed by atoms with Gasteiger partial charge in [-0.1, -0.05) is 29.8 Å². The van der Waals surface area contributed by atoms with Gasteiger partial charge in [0.25, 0.3) is 5.91 Å². The predicted molar refractivity (Wildman–Crippen MR) is 86.0 cm³/mol. The molecule has 3 aromatic rings. The number of aromatic hydroxyl groups is 1. The topological polar surface area (TPSA) is 62.2 Å². The predicted octanol–water partition coefficient (Wildman–Crippen LogP) is 3.66. The van der Waals surface area contributed by atoms with Crippen molar-refractivity contribution in [3.8, 4) is 5.75 Å². The maximum atomic E-state index is 13.0. The van der Waals surface area contributed by atoms with Crippen molar-refractivity contribution in [2.75, 3.05) is 0 Å². The Balaban J connectivity index is 1.82. The second-order valence-electron chi connectivity index (χ2n) is 4.96. The molecule has 1 aromatic heterocycles. The number of rotatable bonds is 3. The molecule has 0 aliphatic carbocycles. The molecule has 1 heterocycles. The van der Waals surface area contributed by atoms with Gasteiger partial charge in [0.2, 0.25) is 0 Å². The average Bonchev–Trinajstić information content (AvgIpc) is 2.54. The molecule has 0 aliphatic heterocycles. The summed E-state index contributed by atoms with van der Waals surface area (Å²) >= 11 is 5.92. The second-order valence-corrected chi connectivity index (χ2v) is 5.36. The monoisotopic (exact) mass is 330 g/mol. The SMILES string of the molecule is O=C(NCc1ccc(F)cc1Cl)c1ccc2cccnc2c1O. The minimum absolute atomic E-state index is 0.120. The summed E-state index contributed by atoms with van der Waals surface area (Å²) < 4.78 is 13.0. The third-order valence-corrected chi connectivity index (χ3v) is 3.80. The zero-order chi connectivity index (χ0) is 16.4. The number of nitrogens with one attached hydrogen (secondary N) is 1. The summed E-state index contributed by atoms with van der Waals surface area (Å²) in [4.78, 5) is 16.3. The molecule has 0 bridgehead atoms. The molecule has 0 fully saturated rings. The number of hydrogen-bond acceptors (Lipinski definition) is 3. The van der Waals surface area contributed by atoms with Gasteiger partial charge in [0.1, 0.15) is 11.3 Å². The average molecular weight is 331 g/mol. The number of hydrogen-bond donors (Lipinski definition) is 2. The van der Waals surface area contributed by atoms with Crippen LogP contribution in [-0.4, -0.2) is 16.0 Å². The van der Waals surface area contributed by atoms with Crippen LogP contribution >= 0.6 is 11.6 Å². The Kier molecular flexibility index (Phi) is 4.12. The highest BCUT2D eigenvalue weighted by atomic mass is 35.5. The third-order valence-electron chi connectivity index (χ3n) is 3.45. The maximum Gasteiger partial charge on any atom is 0.255 e. The fourth-order valence-corrected chi connectivity index (χ4v) is 2.48. The molecule has 4 nitrogen and oxygen atoms in total. The van der Waals surface area contributed by atoms with Crippen molar-refractivity contribution in [2.24, 2.45) is 0 Å². The molecule has 1 amide bonds. The number of carbonyl (C=O) groups excluding carboxylic acids is 1. The lowest BCUT2D eigenvalue weighted by atomic mass is 10.1. The van der Waals surface area contributed by atoms with Gasteiger partial charge in [0.15, 0.2) is 5.75 Å². The van der Waals surface area contributed by atoms with Crippen molar-refractivity contribution < 1.29 is 14.3 Å². The van der Waals surface area contributed by atoms with Crippen LogP contribution in [0.2, 0.25) is 5.02 Å². The number of pyridine rings is 1. The number of nitrogens with zero attached hydrogens (tertiary/aromatic N) is 1. The number of fused-ring (bicyclic) bond motifs is 1. The van der Waals surface area contributed by atoms with Crippen molar-refractivity contribution >= 4 is 28.4 Å². The smallest absolute Gasteiger partial charge is 0.255 e. The first kappa shape index (κ1) is 15.2. The molecule has 0 radical (unpaired) electrons. The molecule has 2 aromatic carbocycles. The molecule has 0 unspecified atom stereocenters. The summed E-state index contributed by atoms with van der Waals surface area (Å²) in [5.74, 6) is -1.08. The Bertz CT molecular complexity index is 899. The highest BCUT2D eigenvalue weighted by molar-refractivity contribution is 6.31. The van der Waals surface area contributed by atoms with Gasteiger partial charge >= 0.3 is 0 Å². The van der Waals surface area contributed by atoms with E-state index in [2.05, 4.69) is 10.3 Å². The number of benzene rings is 2. The summed E-state index contributed by atoms with van der Waals surface area (Å²) in [6, 6.07) is 10.7. The molecule has 116 valence electrons. The van der Waals surface area contributed by atoms with Gasteiger partial charge < -0.3 is 10.4 Å². The lowest BCUT2D eigenvalue weighted by Crippen LogP contribution is -2.23. The number of carbonyl (C=O) groups is 1. The Labute approximate surface area is 136 Å². The zero-order valence-corrected chi connectivity index (χ0v) is 12.6. The molecule has 23 heavy (non-hydrogen) atoms. The van der Waals surface area contributed by atoms with Crippen molar-refractivity contribution in [3.05, 3.63) is 70.6 Å².